The van der Waals surface area contributed by atoms with Crippen molar-refractivity contribution in [3.05, 3.63) is 51.9 Å². The Kier molecular flexibility index (Phi) is 4.47. The summed E-state index contributed by atoms with van der Waals surface area (Å²) in [6.07, 6.45) is 1.04. The first kappa shape index (κ1) is 15.2. The molecule has 0 aliphatic rings. The van der Waals surface area contributed by atoms with E-state index in [0.29, 0.717) is 0 Å². The third-order valence-electron chi connectivity index (χ3n) is 2.53. The highest BCUT2D eigenvalue weighted by molar-refractivity contribution is 6.03. The van der Waals surface area contributed by atoms with E-state index in [2.05, 4.69) is 10.3 Å². The van der Waals surface area contributed by atoms with Gasteiger partial charge in [-0.2, -0.15) is 4.98 Å². The number of amides is 1. The lowest BCUT2D eigenvalue weighted by Gasteiger charge is -2.00. The SMILES string of the molecule is CCOC(=O)c1coc(NC(=O)c2cccc([N+](=O)[O-])c2)n1. The van der Waals surface area contributed by atoms with Crippen molar-refractivity contribution in [2.75, 3.05) is 11.9 Å². The zero-order valence-electron chi connectivity index (χ0n) is 11.4. The molecule has 0 bridgehead atoms. The van der Waals surface area contributed by atoms with Gasteiger partial charge in [0.15, 0.2) is 5.69 Å². The van der Waals surface area contributed by atoms with Gasteiger partial charge in [0.1, 0.15) is 6.26 Å². The van der Waals surface area contributed by atoms with Gasteiger partial charge in [-0.15, -0.1) is 0 Å². The summed E-state index contributed by atoms with van der Waals surface area (Å²) in [4.78, 5) is 37.1. The molecule has 0 unspecified atom stereocenters. The van der Waals surface area contributed by atoms with Gasteiger partial charge in [0.2, 0.25) is 0 Å². The molecule has 9 heteroatoms. The number of anilines is 1. The van der Waals surface area contributed by atoms with Gasteiger partial charge in [0.05, 0.1) is 11.5 Å². The number of aromatic nitrogens is 1. The van der Waals surface area contributed by atoms with E-state index in [9.17, 15) is 19.7 Å². The van der Waals surface area contributed by atoms with Crippen molar-refractivity contribution in [1.29, 1.82) is 0 Å². The molecule has 114 valence electrons. The number of ether oxygens (including phenoxy) is 1. The molecule has 0 fully saturated rings. The third-order valence-corrected chi connectivity index (χ3v) is 2.53. The number of nitrogens with one attached hydrogen (secondary N) is 1. The second kappa shape index (κ2) is 6.48. The van der Waals surface area contributed by atoms with Crippen LogP contribution in [0.3, 0.4) is 0 Å². The summed E-state index contributed by atoms with van der Waals surface area (Å²) in [7, 11) is 0. The number of non-ortho nitro benzene ring substituents is 1. The second-order valence-corrected chi connectivity index (χ2v) is 4.02. The van der Waals surface area contributed by atoms with E-state index in [4.69, 9.17) is 9.15 Å². The first-order valence-corrected chi connectivity index (χ1v) is 6.19. The van der Waals surface area contributed by atoms with Crippen LogP contribution >= 0.6 is 0 Å². The molecule has 1 aromatic heterocycles. The summed E-state index contributed by atoms with van der Waals surface area (Å²) in [6, 6.07) is 4.95. The number of hydrogen-bond donors (Lipinski definition) is 1. The Morgan fingerprint density at radius 2 is 2.23 bits per heavy atom. The first-order valence-electron chi connectivity index (χ1n) is 6.19. The summed E-state index contributed by atoms with van der Waals surface area (Å²) in [6.45, 7) is 1.82. The lowest BCUT2D eigenvalue weighted by molar-refractivity contribution is -0.384. The van der Waals surface area contributed by atoms with E-state index >= 15 is 0 Å². The van der Waals surface area contributed by atoms with Gasteiger partial charge in [-0.05, 0) is 13.0 Å². The minimum Gasteiger partial charge on any atom is -0.461 e. The number of nitrogens with zero attached hydrogens (tertiary/aromatic N) is 2. The zero-order valence-corrected chi connectivity index (χ0v) is 11.4. The maximum atomic E-state index is 11.9. The van der Waals surface area contributed by atoms with Crippen LogP contribution in [0, 0.1) is 10.1 Å². The van der Waals surface area contributed by atoms with E-state index in [1.807, 2.05) is 0 Å². The molecular weight excluding hydrogens is 294 g/mol. The summed E-state index contributed by atoms with van der Waals surface area (Å²) < 4.78 is 9.65. The van der Waals surface area contributed by atoms with Crippen LogP contribution in [0.25, 0.3) is 0 Å². The van der Waals surface area contributed by atoms with E-state index in [1.165, 1.54) is 18.2 Å². The van der Waals surface area contributed by atoms with Crippen molar-refractivity contribution >= 4 is 23.6 Å². The van der Waals surface area contributed by atoms with Gasteiger partial charge in [-0.1, -0.05) is 6.07 Å². The summed E-state index contributed by atoms with van der Waals surface area (Å²) in [5, 5.41) is 13.0. The molecule has 1 amide bonds. The predicted octanol–water partition coefficient (Wildman–Crippen LogP) is 2.01. The first-order chi connectivity index (χ1) is 10.5. The standard InChI is InChI=1S/C13H11N3O6/c1-2-21-12(18)10-7-22-13(14-10)15-11(17)8-4-3-5-9(6-8)16(19)20/h3-7H,2H2,1H3,(H,14,15,17). The molecule has 2 rings (SSSR count). The molecule has 0 aliphatic heterocycles. The van der Waals surface area contributed by atoms with Crippen LogP contribution < -0.4 is 5.32 Å². The Bertz CT molecular complexity index is 724. The Balaban J connectivity index is 2.10. The molecule has 2 aromatic rings. The number of carbonyl (C=O) groups is 2. The maximum absolute atomic E-state index is 11.9. The number of oxazole rings is 1. The van der Waals surface area contributed by atoms with Crippen LogP contribution in [0.2, 0.25) is 0 Å². The number of carbonyl (C=O) groups excluding carboxylic acids is 2. The lowest BCUT2D eigenvalue weighted by atomic mass is 10.2. The van der Waals surface area contributed by atoms with Crippen molar-refractivity contribution in [2.24, 2.45) is 0 Å². The quantitative estimate of drug-likeness (QED) is 0.508. The highest BCUT2D eigenvalue weighted by atomic mass is 16.6. The Hall–Kier alpha value is -3.23. The molecular formula is C13H11N3O6. The number of hydrogen-bond acceptors (Lipinski definition) is 7. The smallest absolute Gasteiger partial charge is 0.360 e. The van der Waals surface area contributed by atoms with Crippen LogP contribution in [0.5, 0.6) is 0 Å². The fraction of sp³-hybridized carbons (Fsp3) is 0.154. The van der Waals surface area contributed by atoms with Gasteiger partial charge in [0.25, 0.3) is 11.6 Å². The van der Waals surface area contributed by atoms with Gasteiger partial charge < -0.3 is 9.15 Å². The minimum atomic E-state index is -0.679. The fourth-order valence-corrected chi connectivity index (χ4v) is 1.56. The van der Waals surface area contributed by atoms with Crippen molar-refractivity contribution in [1.82, 2.24) is 4.98 Å². The molecule has 1 N–H and O–H groups in total. The number of esters is 1. The normalized spacial score (nSPS) is 10.0. The second-order valence-electron chi connectivity index (χ2n) is 4.02. The average molecular weight is 305 g/mol. The predicted molar refractivity (Wildman–Crippen MR) is 73.5 cm³/mol. The van der Waals surface area contributed by atoms with Gasteiger partial charge >= 0.3 is 12.0 Å². The van der Waals surface area contributed by atoms with Crippen molar-refractivity contribution < 1.29 is 23.7 Å². The van der Waals surface area contributed by atoms with Crippen molar-refractivity contribution in [3.63, 3.8) is 0 Å². The molecule has 1 heterocycles. The van der Waals surface area contributed by atoms with Crippen LogP contribution in [0.1, 0.15) is 27.8 Å². The molecule has 0 saturated heterocycles. The van der Waals surface area contributed by atoms with Gasteiger partial charge in [0, 0.05) is 17.7 Å². The largest absolute Gasteiger partial charge is 0.461 e. The van der Waals surface area contributed by atoms with Crippen LogP contribution in [-0.4, -0.2) is 28.4 Å². The fourth-order valence-electron chi connectivity index (χ4n) is 1.56. The van der Waals surface area contributed by atoms with Crippen molar-refractivity contribution in [2.45, 2.75) is 6.92 Å². The minimum absolute atomic E-state index is 0.0603. The average Bonchev–Trinajstić information content (AvgIpc) is 2.96. The number of nitro groups is 1. The highest BCUT2D eigenvalue weighted by Crippen LogP contribution is 2.15. The topological polar surface area (TPSA) is 125 Å². The van der Waals surface area contributed by atoms with Crippen molar-refractivity contribution in [3.8, 4) is 0 Å². The summed E-state index contributed by atoms with van der Waals surface area (Å²) in [5.74, 6) is -1.33. The van der Waals surface area contributed by atoms with Crippen LogP contribution in [0.15, 0.2) is 34.9 Å². The molecule has 0 spiro atoms. The monoisotopic (exact) mass is 305 g/mol. The van der Waals surface area contributed by atoms with Crippen LogP contribution in [0.4, 0.5) is 11.7 Å². The zero-order chi connectivity index (χ0) is 16.1. The lowest BCUT2D eigenvalue weighted by Crippen LogP contribution is -2.13. The number of rotatable bonds is 5. The van der Waals surface area contributed by atoms with E-state index in [0.717, 1.165) is 12.3 Å². The molecule has 0 radical (unpaired) electrons. The Morgan fingerprint density at radius 1 is 1.45 bits per heavy atom. The molecule has 1 aromatic carbocycles. The number of nitro benzene ring substituents is 1. The Labute approximate surface area is 124 Å². The Morgan fingerprint density at radius 3 is 2.91 bits per heavy atom. The maximum Gasteiger partial charge on any atom is 0.360 e. The number of benzene rings is 1. The van der Waals surface area contributed by atoms with E-state index in [-0.39, 0.29) is 29.6 Å². The van der Waals surface area contributed by atoms with Gasteiger partial charge in [-0.25, -0.2) is 4.79 Å². The molecule has 0 atom stereocenters. The highest BCUT2D eigenvalue weighted by Gasteiger charge is 2.16. The molecule has 0 saturated carbocycles. The van der Waals surface area contributed by atoms with Crippen LogP contribution in [-0.2, 0) is 4.74 Å². The van der Waals surface area contributed by atoms with E-state index < -0.39 is 16.8 Å². The summed E-state index contributed by atoms with van der Waals surface area (Å²) in [5.41, 5.74) is -0.242. The third kappa shape index (κ3) is 3.45. The molecule has 0 aliphatic carbocycles. The summed E-state index contributed by atoms with van der Waals surface area (Å²) >= 11 is 0. The van der Waals surface area contributed by atoms with E-state index in [1.54, 1.807) is 6.92 Å². The molecule has 22 heavy (non-hydrogen) atoms. The van der Waals surface area contributed by atoms with Gasteiger partial charge in [-0.3, -0.25) is 20.2 Å². The molecule has 9 nitrogen and oxygen atoms in total.